The summed E-state index contributed by atoms with van der Waals surface area (Å²) in [5.41, 5.74) is 21.2. The van der Waals surface area contributed by atoms with E-state index in [2.05, 4.69) is 266 Å². The number of nitrogens with zero attached hydrogens (tertiary/aromatic N) is 2. The lowest BCUT2D eigenvalue weighted by Gasteiger charge is -2.35. The molecule has 0 radical (unpaired) electrons. The van der Waals surface area contributed by atoms with E-state index in [0.717, 1.165) is 22.7 Å². The second kappa shape index (κ2) is 15.6. The molecule has 1 heterocycles. The molecule has 1 aromatic heterocycles. The van der Waals surface area contributed by atoms with Gasteiger partial charge in [0.2, 0.25) is 0 Å². The molecule has 0 fully saturated rings. The van der Waals surface area contributed by atoms with Crippen LogP contribution in [0.2, 0.25) is 0 Å². The van der Waals surface area contributed by atoms with E-state index >= 15 is 0 Å². The van der Waals surface area contributed by atoms with E-state index in [1.807, 2.05) is 0 Å². The number of hydrogen-bond acceptors (Lipinski definition) is 1. The Balaban J connectivity index is 1.02. The summed E-state index contributed by atoms with van der Waals surface area (Å²) >= 11 is 0. The van der Waals surface area contributed by atoms with Crippen LogP contribution < -0.4 is 4.90 Å². The first kappa shape index (κ1) is 38.5. The molecule has 11 aromatic rings. The molecule has 1 aliphatic carbocycles. The summed E-state index contributed by atoms with van der Waals surface area (Å²) in [6.45, 7) is 4.33. The van der Waals surface area contributed by atoms with E-state index in [1.165, 1.54) is 88.6 Å². The van der Waals surface area contributed by atoms with Crippen LogP contribution in [0.25, 0.3) is 60.9 Å². The molecule has 0 saturated carbocycles. The van der Waals surface area contributed by atoms with Crippen LogP contribution in [0.1, 0.15) is 33.4 Å². The van der Waals surface area contributed by atoms with E-state index in [0.29, 0.717) is 0 Å². The van der Waals surface area contributed by atoms with Gasteiger partial charge >= 0.3 is 0 Å². The van der Waals surface area contributed by atoms with Crippen molar-refractivity contribution >= 4 is 38.9 Å². The number of hydrogen-bond donors (Lipinski definition) is 0. The van der Waals surface area contributed by atoms with Gasteiger partial charge in [-0.05, 0) is 130 Å². The van der Waals surface area contributed by atoms with Gasteiger partial charge in [-0.3, -0.25) is 0 Å². The van der Waals surface area contributed by atoms with Crippen molar-refractivity contribution in [3.05, 3.63) is 276 Å². The zero-order valence-corrected chi connectivity index (χ0v) is 36.5. The van der Waals surface area contributed by atoms with Gasteiger partial charge in [0.1, 0.15) is 0 Å². The quantitative estimate of drug-likeness (QED) is 0.148. The highest BCUT2D eigenvalue weighted by atomic mass is 15.1. The molecule has 0 amide bonds. The molecule has 2 heteroatoms. The molecular weight excluding hydrogens is 785 g/mol. The highest BCUT2D eigenvalue weighted by molar-refractivity contribution is 6.09. The van der Waals surface area contributed by atoms with Crippen LogP contribution in [-0.2, 0) is 5.41 Å². The van der Waals surface area contributed by atoms with Crippen LogP contribution in [0.3, 0.4) is 0 Å². The van der Waals surface area contributed by atoms with Gasteiger partial charge in [0.05, 0.1) is 16.4 Å². The van der Waals surface area contributed by atoms with Gasteiger partial charge < -0.3 is 9.47 Å². The fourth-order valence-electron chi connectivity index (χ4n) is 10.8. The maximum Gasteiger partial charge on any atom is 0.0715 e. The SMILES string of the molecule is Cc1cc(C)cc(-c2ccc(-c3ccc(N(c4ccccc4)c4ccc5c(c4)C(c4ccccc4)(c4ccccc4)c4cc(-n6c7ccccc7c7ccccc76)ccc4-5)cc3)cc2)c1. The van der Waals surface area contributed by atoms with Gasteiger partial charge in [-0.1, -0.05) is 193 Å². The maximum atomic E-state index is 2.47. The molecule has 0 spiro atoms. The van der Waals surface area contributed by atoms with Crippen LogP contribution in [0.15, 0.2) is 243 Å². The minimum atomic E-state index is -0.604. The second-order valence-electron chi connectivity index (χ2n) is 17.5. The van der Waals surface area contributed by atoms with Crippen LogP contribution in [0.4, 0.5) is 17.1 Å². The average molecular weight is 831 g/mol. The normalized spacial score (nSPS) is 12.6. The molecule has 0 saturated heterocycles. The van der Waals surface area contributed by atoms with E-state index in [1.54, 1.807) is 0 Å². The lowest BCUT2D eigenvalue weighted by molar-refractivity contribution is 0.767. The molecule has 65 heavy (non-hydrogen) atoms. The van der Waals surface area contributed by atoms with Gasteiger partial charge in [-0.2, -0.15) is 0 Å². The number of para-hydroxylation sites is 3. The fraction of sp³-hybridized carbons (Fsp3) is 0.0476. The molecular formula is C63H46N2. The standard InChI is InChI=1S/C63H46N2/c1-43-38-44(2)40-48(39-43)47-28-26-45(27-29-47)46-30-32-52(33-31-46)64(51-20-10-5-11-21-51)53-34-36-55-56-37-35-54(65-61-24-14-12-22-57(61)58-23-13-15-25-62(58)65)42-60(56)63(59(55)41-53,49-16-6-3-7-17-49)50-18-8-4-9-19-50/h3-42H,1-2H3. The predicted molar refractivity (Wildman–Crippen MR) is 273 cm³/mol. The molecule has 0 aliphatic heterocycles. The van der Waals surface area contributed by atoms with E-state index in [4.69, 9.17) is 0 Å². The third-order valence-electron chi connectivity index (χ3n) is 13.5. The van der Waals surface area contributed by atoms with Gasteiger partial charge in [0.25, 0.3) is 0 Å². The minimum Gasteiger partial charge on any atom is -0.310 e. The van der Waals surface area contributed by atoms with Crippen LogP contribution in [0.5, 0.6) is 0 Å². The molecule has 308 valence electrons. The van der Waals surface area contributed by atoms with E-state index in [9.17, 15) is 0 Å². The third-order valence-corrected chi connectivity index (χ3v) is 13.5. The van der Waals surface area contributed by atoms with Crippen LogP contribution >= 0.6 is 0 Å². The highest BCUT2D eigenvalue weighted by Gasteiger charge is 2.46. The Morgan fingerprint density at radius 2 is 0.769 bits per heavy atom. The first-order valence-electron chi connectivity index (χ1n) is 22.6. The smallest absolute Gasteiger partial charge is 0.0715 e. The Hall–Kier alpha value is -8.20. The van der Waals surface area contributed by atoms with Gasteiger partial charge in [-0.25, -0.2) is 0 Å². The Morgan fingerprint density at radius 3 is 1.34 bits per heavy atom. The van der Waals surface area contributed by atoms with Crippen molar-refractivity contribution < 1.29 is 0 Å². The molecule has 1 aliphatic rings. The lowest BCUT2D eigenvalue weighted by Crippen LogP contribution is -2.29. The Morgan fingerprint density at radius 1 is 0.338 bits per heavy atom. The van der Waals surface area contributed by atoms with Crippen LogP contribution in [0, 0.1) is 13.8 Å². The first-order chi connectivity index (χ1) is 32.0. The fourth-order valence-corrected chi connectivity index (χ4v) is 10.8. The number of aromatic nitrogens is 1. The van der Waals surface area contributed by atoms with Crippen molar-refractivity contribution in [3.8, 4) is 39.1 Å². The van der Waals surface area contributed by atoms with Crippen molar-refractivity contribution in [2.75, 3.05) is 4.90 Å². The zero-order valence-electron chi connectivity index (χ0n) is 36.5. The summed E-state index contributed by atoms with van der Waals surface area (Å²) in [6, 6.07) is 89.7. The van der Waals surface area contributed by atoms with Crippen molar-refractivity contribution in [2.24, 2.45) is 0 Å². The Bertz CT molecular complexity index is 3420. The maximum absolute atomic E-state index is 2.47. The second-order valence-corrected chi connectivity index (χ2v) is 17.5. The first-order valence-corrected chi connectivity index (χ1v) is 22.6. The Kier molecular flexibility index (Phi) is 9.21. The summed E-state index contributed by atoms with van der Waals surface area (Å²) in [7, 11) is 0. The average Bonchev–Trinajstić information content (AvgIpc) is 3.85. The third kappa shape index (κ3) is 6.32. The number of fused-ring (bicyclic) bond motifs is 6. The summed E-state index contributed by atoms with van der Waals surface area (Å²) in [5, 5.41) is 2.52. The van der Waals surface area contributed by atoms with Crippen molar-refractivity contribution in [2.45, 2.75) is 19.3 Å². The number of rotatable bonds is 8. The Labute approximate surface area is 381 Å². The molecule has 2 nitrogen and oxygen atoms in total. The van der Waals surface area contributed by atoms with Crippen LogP contribution in [-0.4, -0.2) is 4.57 Å². The molecule has 0 unspecified atom stereocenters. The summed E-state index contributed by atoms with van der Waals surface area (Å²) < 4.78 is 2.44. The monoisotopic (exact) mass is 830 g/mol. The van der Waals surface area contributed by atoms with Crippen molar-refractivity contribution in [3.63, 3.8) is 0 Å². The predicted octanol–water partition coefficient (Wildman–Crippen LogP) is 16.6. The molecule has 10 aromatic carbocycles. The molecule has 0 N–H and O–H groups in total. The largest absolute Gasteiger partial charge is 0.310 e. The van der Waals surface area contributed by atoms with Gasteiger partial charge in [-0.15, -0.1) is 0 Å². The summed E-state index contributed by atoms with van der Waals surface area (Å²) in [5.74, 6) is 0. The van der Waals surface area contributed by atoms with Crippen molar-refractivity contribution in [1.82, 2.24) is 4.57 Å². The highest BCUT2D eigenvalue weighted by Crippen LogP contribution is 2.58. The minimum absolute atomic E-state index is 0.604. The molecule has 12 rings (SSSR count). The summed E-state index contributed by atoms with van der Waals surface area (Å²) in [4.78, 5) is 2.40. The van der Waals surface area contributed by atoms with E-state index in [-0.39, 0.29) is 0 Å². The number of anilines is 3. The number of aryl methyl sites for hydroxylation is 2. The lowest BCUT2D eigenvalue weighted by atomic mass is 9.67. The molecule has 0 bridgehead atoms. The van der Waals surface area contributed by atoms with Gasteiger partial charge in [0, 0.05) is 33.5 Å². The van der Waals surface area contributed by atoms with E-state index < -0.39 is 5.41 Å². The van der Waals surface area contributed by atoms with Crippen molar-refractivity contribution in [1.29, 1.82) is 0 Å². The summed E-state index contributed by atoms with van der Waals surface area (Å²) in [6.07, 6.45) is 0. The van der Waals surface area contributed by atoms with Gasteiger partial charge in [0.15, 0.2) is 0 Å². The number of benzene rings is 10. The molecule has 0 atom stereocenters. The zero-order chi connectivity index (χ0) is 43.5. The topological polar surface area (TPSA) is 8.17 Å².